The molecule has 1 amide bonds. The van der Waals surface area contributed by atoms with Crippen molar-refractivity contribution < 1.29 is 4.79 Å². The second kappa shape index (κ2) is 3.96. The van der Waals surface area contributed by atoms with E-state index in [1.165, 1.54) is 0 Å². The van der Waals surface area contributed by atoms with Crippen LogP contribution in [0, 0.1) is 0 Å². The Kier molecular flexibility index (Phi) is 2.64. The standard InChI is InChI=1S/C12H15N3O/c1-4-14(2)12(16)9-6-5-7-10-11(9)13-8-15(10)3/h5-8H,4H2,1-3H3. The first kappa shape index (κ1) is 10.7. The van der Waals surface area contributed by atoms with Gasteiger partial charge in [-0.25, -0.2) is 4.98 Å². The van der Waals surface area contributed by atoms with Crippen molar-refractivity contribution in [1.82, 2.24) is 14.5 Å². The van der Waals surface area contributed by atoms with Gasteiger partial charge in [-0.3, -0.25) is 4.79 Å². The van der Waals surface area contributed by atoms with Crippen molar-refractivity contribution >= 4 is 16.9 Å². The summed E-state index contributed by atoms with van der Waals surface area (Å²) in [6, 6.07) is 5.68. The fourth-order valence-corrected chi connectivity index (χ4v) is 1.68. The summed E-state index contributed by atoms with van der Waals surface area (Å²) in [5.41, 5.74) is 2.42. The van der Waals surface area contributed by atoms with E-state index in [4.69, 9.17) is 0 Å². The number of carbonyl (C=O) groups is 1. The predicted octanol–water partition coefficient (Wildman–Crippen LogP) is 1.67. The summed E-state index contributed by atoms with van der Waals surface area (Å²) >= 11 is 0. The zero-order chi connectivity index (χ0) is 11.7. The zero-order valence-corrected chi connectivity index (χ0v) is 9.77. The molecule has 0 saturated carbocycles. The van der Waals surface area contributed by atoms with Gasteiger partial charge in [0.05, 0.1) is 17.4 Å². The number of amides is 1. The van der Waals surface area contributed by atoms with E-state index >= 15 is 0 Å². The highest BCUT2D eigenvalue weighted by Gasteiger charge is 2.15. The van der Waals surface area contributed by atoms with Crippen LogP contribution in [0.2, 0.25) is 0 Å². The number of para-hydroxylation sites is 1. The van der Waals surface area contributed by atoms with Crippen molar-refractivity contribution in [2.75, 3.05) is 13.6 Å². The summed E-state index contributed by atoms with van der Waals surface area (Å²) in [5.74, 6) is 0.0202. The molecule has 0 atom stereocenters. The molecule has 84 valence electrons. The van der Waals surface area contributed by atoms with E-state index in [0.29, 0.717) is 12.1 Å². The molecule has 2 aromatic rings. The molecule has 0 unspecified atom stereocenters. The Bertz CT molecular complexity index is 530. The molecule has 0 aliphatic heterocycles. The van der Waals surface area contributed by atoms with Crippen molar-refractivity contribution in [2.45, 2.75) is 6.92 Å². The molecule has 0 aliphatic carbocycles. The summed E-state index contributed by atoms with van der Waals surface area (Å²) in [5, 5.41) is 0. The topological polar surface area (TPSA) is 38.1 Å². The molecule has 0 bridgehead atoms. The number of fused-ring (bicyclic) bond motifs is 1. The first-order valence-corrected chi connectivity index (χ1v) is 5.30. The molecule has 0 saturated heterocycles. The summed E-state index contributed by atoms with van der Waals surface area (Å²) in [6.07, 6.45) is 1.73. The van der Waals surface area contributed by atoms with Crippen LogP contribution in [0.25, 0.3) is 11.0 Å². The molecule has 1 aromatic heterocycles. The Morgan fingerprint density at radius 2 is 2.25 bits per heavy atom. The Morgan fingerprint density at radius 3 is 2.94 bits per heavy atom. The number of nitrogens with zero attached hydrogens (tertiary/aromatic N) is 3. The molecule has 1 heterocycles. The molecule has 4 nitrogen and oxygen atoms in total. The number of rotatable bonds is 2. The van der Waals surface area contributed by atoms with E-state index in [9.17, 15) is 4.79 Å². The third kappa shape index (κ3) is 1.56. The lowest BCUT2D eigenvalue weighted by Gasteiger charge is -2.14. The summed E-state index contributed by atoms with van der Waals surface area (Å²) in [4.78, 5) is 18.0. The summed E-state index contributed by atoms with van der Waals surface area (Å²) in [7, 11) is 3.72. The maximum atomic E-state index is 12.1. The minimum atomic E-state index is 0.0202. The summed E-state index contributed by atoms with van der Waals surface area (Å²) in [6.45, 7) is 2.65. The number of carbonyl (C=O) groups excluding carboxylic acids is 1. The number of hydrogen-bond acceptors (Lipinski definition) is 2. The fourth-order valence-electron chi connectivity index (χ4n) is 1.68. The Hall–Kier alpha value is -1.84. The van der Waals surface area contributed by atoms with Crippen molar-refractivity contribution in [3.63, 3.8) is 0 Å². The first-order valence-electron chi connectivity index (χ1n) is 5.30. The van der Waals surface area contributed by atoms with Crippen LogP contribution in [-0.2, 0) is 7.05 Å². The molecular weight excluding hydrogens is 202 g/mol. The van der Waals surface area contributed by atoms with Gasteiger partial charge in [0.15, 0.2) is 0 Å². The second-order valence-corrected chi connectivity index (χ2v) is 3.85. The lowest BCUT2D eigenvalue weighted by Crippen LogP contribution is -2.26. The fraction of sp³-hybridized carbons (Fsp3) is 0.333. The SMILES string of the molecule is CCN(C)C(=O)c1cccc2c1ncn2C. The van der Waals surface area contributed by atoms with E-state index in [-0.39, 0.29) is 5.91 Å². The van der Waals surface area contributed by atoms with Gasteiger partial charge < -0.3 is 9.47 Å². The summed E-state index contributed by atoms with van der Waals surface area (Å²) < 4.78 is 1.91. The minimum absolute atomic E-state index is 0.0202. The van der Waals surface area contributed by atoms with Gasteiger partial charge in [-0.1, -0.05) is 6.07 Å². The van der Waals surface area contributed by atoms with Crippen LogP contribution in [0.3, 0.4) is 0 Å². The van der Waals surface area contributed by atoms with Crippen molar-refractivity contribution in [1.29, 1.82) is 0 Å². The average Bonchev–Trinajstić information content (AvgIpc) is 2.69. The van der Waals surface area contributed by atoms with E-state index in [2.05, 4.69) is 4.98 Å². The lowest BCUT2D eigenvalue weighted by atomic mass is 10.1. The van der Waals surface area contributed by atoms with E-state index < -0.39 is 0 Å². The lowest BCUT2D eigenvalue weighted by molar-refractivity contribution is 0.0804. The number of hydrogen-bond donors (Lipinski definition) is 0. The monoisotopic (exact) mass is 217 g/mol. The van der Waals surface area contributed by atoms with Gasteiger partial charge in [0.25, 0.3) is 5.91 Å². The van der Waals surface area contributed by atoms with Crippen LogP contribution in [0.4, 0.5) is 0 Å². The van der Waals surface area contributed by atoms with Gasteiger partial charge in [-0.15, -0.1) is 0 Å². The van der Waals surface area contributed by atoms with Gasteiger partial charge >= 0.3 is 0 Å². The quantitative estimate of drug-likeness (QED) is 0.767. The van der Waals surface area contributed by atoms with Crippen molar-refractivity contribution in [3.05, 3.63) is 30.1 Å². The van der Waals surface area contributed by atoms with Crippen LogP contribution in [0.15, 0.2) is 24.5 Å². The predicted molar refractivity (Wildman–Crippen MR) is 63.3 cm³/mol. The van der Waals surface area contributed by atoms with Crippen LogP contribution in [0.5, 0.6) is 0 Å². The molecule has 16 heavy (non-hydrogen) atoms. The highest BCUT2D eigenvalue weighted by Crippen LogP contribution is 2.17. The Labute approximate surface area is 94.5 Å². The van der Waals surface area contributed by atoms with Crippen LogP contribution in [-0.4, -0.2) is 34.0 Å². The molecule has 1 aromatic carbocycles. The molecule has 2 rings (SSSR count). The third-order valence-corrected chi connectivity index (χ3v) is 2.81. The maximum absolute atomic E-state index is 12.1. The second-order valence-electron chi connectivity index (χ2n) is 3.85. The van der Waals surface area contributed by atoms with Crippen molar-refractivity contribution in [3.8, 4) is 0 Å². The van der Waals surface area contributed by atoms with E-state index in [1.54, 1.807) is 18.3 Å². The maximum Gasteiger partial charge on any atom is 0.255 e. The molecule has 0 spiro atoms. The third-order valence-electron chi connectivity index (χ3n) is 2.81. The van der Waals surface area contributed by atoms with Crippen molar-refractivity contribution in [2.24, 2.45) is 7.05 Å². The van der Waals surface area contributed by atoms with Gasteiger partial charge in [0.2, 0.25) is 0 Å². The van der Waals surface area contributed by atoms with Crippen LogP contribution >= 0.6 is 0 Å². The molecule has 4 heteroatoms. The van der Waals surface area contributed by atoms with Gasteiger partial charge in [0.1, 0.15) is 5.52 Å². The van der Waals surface area contributed by atoms with Gasteiger partial charge in [0, 0.05) is 20.6 Å². The number of aromatic nitrogens is 2. The smallest absolute Gasteiger partial charge is 0.255 e. The molecule has 0 radical (unpaired) electrons. The van der Waals surface area contributed by atoms with E-state index in [1.807, 2.05) is 36.7 Å². The molecular formula is C12H15N3O. The molecule has 0 fully saturated rings. The number of benzene rings is 1. The van der Waals surface area contributed by atoms with Gasteiger partial charge in [-0.2, -0.15) is 0 Å². The minimum Gasteiger partial charge on any atom is -0.342 e. The van der Waals surface area contributed by atoms with Crippen LogP contribution in [0.1, 0.15) is 17.3 Å². The zero-order valence-electron chi connectivity index (χ0n) is 9.77. The number of aryl methyl sites for hydroxylation is 1. The van der Waals surface area contributed by atoms with E-state index in [0.717, 1.165) is 11.0 Å². The average molecular weight is 217 g/mol. The normalized spacial score (nSPS) is 10.7. The van der Waals surface area contributed by atoms with Crippen LogP contribution < -0.4 is 0 Å². The number of imidazole rings is 1. The Morgan fingerprint density at radius 1 is 1.50 bits per heavy atom. The molecule has 0 N–H and O–H groups in total. The Balaban J connectivity index is 2.56. The first-order chi connectivity index (χ1) is 7.65. The highest BCUT2D eigenvalue weighted by atomic mass is 16.2. The highest BCUT2D eigenvalue weighted by molar-refractivity contribution is 6.04. The molecule has 0 aliphatic rings. The largest absolute Gasteiger partial charge is 0.342 e. The van der Waals surface area contributed by atoms with Gasteiger partial charge in [-0.05, 0) is 19.1 Å².